The number of imidazole rings is 1. The fraction of sp³-hybridized carbons (Fsp3) is 0.364. The van der Waals surface area contributed by atoms with Crippen molar-refractivity contribution in [2.75, 3.05) is 66.7 Å². The zero-order valence-corrected chi connectivity index (χ0v) is 34.4. The van der Waals surface area contributed by atoms with Crippen LogP contribution in [-0.2, 0) is 9.59 Å². The Morgan fingerprint density at radius 3 is 2.39 bits per heavy atom. The van der Waals surface area contributed by atoms with Crippen molar-refractivity contribution in [3.8, 4) is 11.3 Å². The Kier molecular flexibility index (Phi) is 9.89. The van der Waals surface area contributed by atoms with Gasteiger partial charge in [-0.3, -0.25) is 38.6 Å². The van der Waals surface area contributed by atoms with Gasteiger partial charge in [0.1, 0.15) is 34.7 Å². The molecule has 0 aliphatic carbocycles. The lowest BCUT2D eigenvalue weighted by atomic mass is 9.71. The topological polar surface area (TPSA) is 191 Å². The highest BCUT2D eigenvalue weighted by Crippen LogP contribution is 2.43. The Bertz CT molecular complexity index is 2680. The molecule has 5 aliphatic rings. The summed E-state index contributed by atoms with van der Waals surface area (Å²) in [5.74, 6) is -1.47. The van der Waals surface area contributed by atoms with Crippen molar-refractivity contribution in [3.05, 3.63) is 94.7 Å². The number of nitrogens with one attached hydrogen (secondary N) is 2. The molecule has 4 fully saturated rings. The first-order valence-corrected chi connectivity index (χ1v) is 21.2. The van der Waals surface area contributed by atoms with E-state index in [9.17, 15) is 24.0 Å². The monoisotopic (exact) mass is 859 g/mol. The van der Waals surface area contributed by atoms with Gasteiger partial charge in [-0.15, -0.1) is 0 Å². The summed E-state index contributed by atoms with van der Waals surface area (Å²) in [4.78, 5) is 85.0. The summed E-state index contributed by atoms with van der Waals surface area (Å²) in [7, 11) is 0. The third kappa shape index (κ3) is 7.07. The van der Waals surface area contributed by atoms with Crippen LogP contribution in [0.25, 0.3) is 16.8 Å². The number of carbonyl (C=O) groups excluding carboxylic acids is 5. The summed E-state index contributed by atoms with van der Waals surface area (Å²) in [5, 5.41) is 5.30. The van der Waals surface area contributed by atoms with Crippen LogP contribution in [0.4, 0.5) is 27.7 Å². The minimum absolute atomic E-state index is 0.0827. The molecule has 62 heavy (non-hydrogen) atoms. The molecule has 2 aromatic carbocycles. The summed E-state index contributed by atoms with van der Waals surface area (Å²) >= 11 is 6.02. The van der Waals surface area contributed by atoms with Crippen molar-refractivity contribution in [2.45, 2.75) is 44.6 Å². The van der Waals surface area contributed by atoms with Gasteiger partial charge in [-0.2, -0.15) is 0 Å². The quantitative estimate of drug-likeness (QED) is 0.184. The van der Waals surface area contributed by atoms with Gasteiger partial charge in [0, 0.05) is 92.7 Å². The second-order valence-corrected chi connectivity index (χ2v) is 17.5. The number of carbonyl (C=O) groups is 5. The number of nitrogens with two attached hydrogens (primary N) is 1. The first-order valence-electron chi connectivity index (χ1n) is 20.9. The molecule has 10 rings (SSSR count). The number of amides is 5. The number of pyridine rings is 1. The highest BCUT2D eigenvalue weighted by Gasteiger charge is 2.47. The second kappa shape index (κ2) is 15.5. The lowest BCUT2D eigenvalue weighted by Crippen LogP contribution is -2.61. The van der Waals surface area contributed by atoms with Gasteiger partial charge in [-0.05, 0) is 92.0 Å². The molecule has 318 valence electrons. The number of rotatable bonds is 8. The van der Waals surface area contributed by atoms with Crippen molar-refractivity contribution in [2.24, 2.45) is 11.3 Å². The maximum atomic E-state index is 15.8. The molecule has 1 spiro atoms. The molecule has 1 atom stereocenters. The van der Waals surface area contributed by atoms with Gasteiger partial charge in [0.2, 0.25) is 17.8 Å². The molecule has 5 aromatic rings. The van der Waals surface area contributed by atoms with Crippen molar-refractivity contribution >= 4 is 69.9 Å². The van der Waals surface area contributed by atoms with E-state index in [0.717, 1.165) is 82.1 Å². The predicted octanol–water partition coefficient (Wildman–Crippen LogP) is 4.64. The maximum Gasteiger partial charge on any atom is 0.262 e. The Labute approximate surface area is 360 Å². The lowest BCUT2D eigenvalue weighted by molar-refractivity contribution is -0.136. The van der Waals surface area contributed by atoms with Crippen LogP contribution in [0.2, 0.25) is 5.02 Å². The number of benzene rings is 2. The molecular weight excluding hydrogens is 817 g/mol. The van der Waals surface area contributed by atoms with E-state index in [0.29, 0.717) is 33.7 Å². The second-order valence-electron chi connectivity index (χ2n) is 17.1. The van der Waals surface area contributed by atoms with Crippen LogP contribution in [0.3, 0.4) is 0 Å². The minimum Gasteiger partial charge on any atom is -0.382 e. The lowest BCUT2D eigenvalue weighted by Gasteiger charge is -2.55. The van der Waals surface area contributed by atoms with E-state index in [1.54, 1.807) is 30.6 Å². The molecule has 4 N–H and O–H groups in total. The van der Waals surface area contributed by atoms with Gasteiger partial charge in [0.15, 0.2) is 0 Å². The maximum absolute atomic E-state index is 15.8. The van der Waals surface area contributed by atoms with Gasteiger partial charge in [0.25, 0.3) is 17.7 Å². The molecule has 3 aromatic heterocycles. The molecule has 0 bridgehead atoms. The van der Waals surface area contributed by atoms with E-state index in [-0.39, 0.29) is 46.6 Å². The number of hydrogen-bond acceptors (Lipinski definition) is 12. The van der Waals surface area contributed by atoms with Crippen molar-refractivity contribution in [1.82, 2.24) is 34.5 Å². The van der Waals surface area contributed by atoms with Gasteiger partial charge in [0.05, 0.1) is 11.1 Å². The molecule has 0 radical (unpaired) electrons. The number of hydrogen-bond donors (Lipinski definition) is 3. The van der Waals surface area contributed by atoms with Gasteiger partial charge < -0.3 is 25.8 Å². The number of imide groups is 2. The number of halogens is 2. The van der Waals surface area contributed by atoms with E-state index in [1.165, 1.54) is 30.5 Å². The molecule has 8 heterocycles. The van der Waals surface area contributed by atoms with Crippen molar-refractivity contribution in [3.63, 3.8) is 0 Å². The zero-order valence-electron chi connectivity index (χ0n) is 33.7. The molecule has 4 saturated heterocycles. The molecule has 0 saturated carbocycles. The van der Waals surface area contributed by atoms with Crippen LogP contribution < -0.4 is 26.2 Å². The third-order valence-electron chi connectivity index (χ3n) is 13.2. The number of likely N-dealkylation sites (tertiary alicyclic amines) is 1. The van der Waals surface area contributed by atoms with Crippen LogP contribution in [0.5, 0.6) is 0 Å². The summed E-state index contributed by atoms with van der Waals surface area (Å²) in [6.07, 6.45) is 9.08. The van der Waals surface area contributed by atoms with Gasteiger partial charge >= 0.3 is 0 Å². The Morgan fingerprint density at radius 2 is 1.65 bits per heavy atom. The van der Waals surface area contributed by atoms with Crippen LogP contribution in [-0.4, -0.2) is 111 Å². The standard InChI is InChI=1S/C44H43ClFN11O5/c45-27-7-12-48-34(20-27)50-39(59)26-1-3-30(32(46)19-26)36-37-38(47)49-13-18-56(37)43(52-36)55-16-10-44(11-17-55)23-53(24-44)22-25-8-14-54(15-9-25)28-2-4-29-31(21-28)42(62)57(41(29)61)33-5-6-35(58)51-40(33)60/h1-4,7,12-13,18-21,25,33H,5-6,8-11,14-17,22-24H2,(H2,47,49)(H,48,50,59)(H,51,58,60). The van der Waals surface area contributed by atoms with Crippen LogP contribution in [0, 0.1) is 17.2 Å². The van der Waals surface area contributed by atoms with Crippen molar-refractivity contribution < 1.29 is 28.4 Å². The van der Waals surface area contributed by atoms with E-state index in [1.807, 2.05) is 10.5 Å². The van der Waals surface area contributed by atoms with Gasteiger partial charge in [-0.1, -0.05) is 11.6 Å². The summed E-state index contributed by atoms with van der Waals surface area (Å²) in [5.41, 5.74) is 9.25. The summed E-state index contributed by atoms with van der Waals surface area (Å²) in [6.45, 7) is 6.34. The molecule has 5 amide bonds. The Morgan fingerprint density at radius 1 is 0.887 bits per heavy atom. The highest BCUT2D eigenvalue weighted by atomic mass is 35.5. The fourth-order valence-electron chi connectivity index (χ4n) is 9.89. The molecule has 5 aliphatic heterocycles. The number of aromatic nitrogens is 4. The zero-order chi connectivity index (χ0) is 42.9. The minimum atomic E-state index is -0.984. The number of anilines is 4. The Hall–Kier alpha value is -6.46. The average molecular weight is 860 g/mol. The molecule has 18 heteroatoms. The highest BCUT2D eigenvalue weighted by molar-refractivity contribution is 6.30. The van der Waals surface area contributed by atoms with E-state index < -0.39 is 41.4 Å². The molecular formula is C44H43ClFN11O5. The molecule has 16 nitrogen and oxygen atoms in total. The summed E-state index contributed by atoms with van der Waals surface area (Å²) < 4.78 is 17.7. The van der Waals surface area contributed by atoms with Gasteiger partial charge in [-0.25, -0.2) is 19.3 Å². The van der Waals surface area contributed by atoms with Crippen LogP contribution in [0.1, 0.15) is 69.6 Å². The first-order chi connectivity index (χ1) is 29.9. The third-order valence-corrected chi connectivity index (χ3v) is 13.4. The smallest absolute Gasteiger partial charge is 0.262 e. The average Bonchev–Trinajstić information content (AvgIpc) is 3.75. The first kappa shape index (κ1) is 39.7. The number of piperidine rings is 3. The van der Waals surface area contributed by atoms with E-state index in [2.05, 4.69) is 35.3 Å². The largest absolute Gasteiger partial charge is 0.382 e. The van der Waals surface area contributed by atoms with E-state index >= 15 is 4.39 Å². The predicted molar refractivity (Wildman–Crippen MR) is 228 cm³/mol. The van der Waals surface area contributed by atoms with Crippen molar-refractivity contribution in [1.29, 1.82) is 0 Å². The normalized spacial score (nSPS) is 20.5. The Balaban J connectivity index is 0.740. The fourth-order valence-corrected chi connectivity index (χ4v) is 10.1. The number of fused-ring (bicyclic) bond motifs is 2. The summed E-state index contributed by atoms with van der Waals surface area (Å²) in [6, 6.07) is 11.7. The van der Waals surface area contributed by atoms with Crippen LogP contribution in [0.15, 0.2) is 67.1 Å². The van der Waals surface area contributed by atoms with E-state index in [4.69, 9.17) is 22.3 Å². The number of nitrogens with zero attached hydrogens (tertiary/aromatic N) is 8. The molecule has 1 unspecified atom stereocenters. The number of nitrogen functional groups attached to an aromatic ring is 1. The van der Waals surface area contributed by atoms with Crippen LogP contribution >= 0.6 is 11.6 Å². The SMILES string of the molecule is Nc1nccn2c(N3CCC4(CC3)CN(CC3CCN(c5ccc6c(c5)C(=O)N(C5CCC(=O)NC5=O)C6=O)CC3)C4)nc(-c3ccc(C(=O)Nc4cc(Cl)ccn4)cc3F)c12.